The number of benzene rings is 2. The Labute approximate surface area is 128 Å². The zero-order valence-electron chi connectivity index (χ0n) is 12.6. The normalized spacial score (nSPS) is 19.7. The maximum Gasteiger partial charge on any atom is 0.387 e. The lowest BCUT2D eigenvalue weighted by atomic mass is 10.0. The van der Waals surface area contributed by atoms with Crippen LogP contribution in [0.2, 0.25) is 0 Å². The lowest BCUT2D eigenvalue weighted by molar-refractivity contribution is -0.0507. The van der Waals surface area contributed by atoms with Gasteiger partial charge in [0.2, 0.25) is 0 Å². The Bertz CT molecular complexity index is 648. The van der Waals surface area contributed by atoms with Crippen LogP contribution in [-0.2, 0) is 6.54 Å². The SMILES string of the molecule is C[C@H]1CN(Cc2c(OC(F)F)ccc3ccccc23)CCN1. The van der Waals surface area contributed by atoms with Crippen LogP contribution in [0.3, 0.4) is 0 Å². The summed E-state index contributed by atoms with van der Waals surface area (Å²) in [5, 5.41) is 5.41. The molecule has 5 heteroatoms. The minimum atomic E-state index is -2.80. The molecule has 1 N–H and O–H groups in total. The van der Waals surface area contributed by atoms with E-state index in [1.54, 1.807) is 6.07 Å². The molecule has 3 nitrogen and oxygen atoms in total. The van der Waals surface area contributed by atoms with Crippen molar-refractivity contribution >= 4 is 10.8 Å². The van der Waals surface area contributed by atoms with E-state index >= 15 is 0 Å². The molecule has 1 fully saturated rings. The number of rotatable bonds is 4. The van der Waals surface area contributed by atoms with E-state index in [4.69, 9.17) is 4.74 Å². The van der Waals surface area contributed by atoms with Crippen molar-refractivity contribution < 1.29 is 13.5 Å². The fraction of sp³-hybridized carbons (Fsp3) is 0.412. The van der Waals surface area contributed by atoms with Crippen molar-refractivity contribution in [2.45, 2.75) is 26.1 Å². The molecule has 0 spiro atoms. The van der Waals surface area contributed by atoms with Gasteiger partial charge in [0, 0.05) is 37.8 Å². The third-order valence-corrected chi connectivity index (χ3v) is 4.05. The average Bonchev–Trinajstić information content (AvgIpc) is 2.49. The summed E-state index contributed by atoms with van der Waals surface area (Å²) >= 11 is 0. The van der Waals surface area contributed by atoms with Crippen molar-refractivity contribution in [3.63, 3.8) is 0 Å². The minimum Gasteiger partial charge on any atom is -0.434 e. The standard InChI is InChI=1S/C17H20F2N2O/c1-12-10-21(9-8-20-12)11-15-14-5-3-2-4-13(14)6-7-16(15)22-17(18)19/h2-7,12,17,20H,8-11H2,1H3/t12-/m0/s1. The van der Waals surface area contributed by atoms with Crippen molar-refractivity contribution in [3.8, 4) is 5.75 Å². The van der Waals surface area contributed by atoms with Gasteiger partial charge in [0.1, 0.15) is 5.75 Å². The number of hydrogen-bond acceptors (Lipinski definition) is 3. The fourth-order valence-corrected chi connectivity index (χ4v) is 3.06. The summed E-state index contributed by atoms with van der Waals surface area (Å²) in [5.74, 6) is 0.278. The molecule has 1 heterocycles. The number of fused-ring (bicyclic) bond motifs is 1. The molecule has 0 radical (unpaired) electrons. The summed E-state index contributed by atoms with van der Waals surface area (Å²) in [4.78, 5) is 2.28. The van der Waals surface area contributed by atoms with Crippen molar-refractivity contribution in [2.24, 2.45) is 0 Å². The zero-order valence-corrected chi connectivity index (χ0v) is 12.6. The molecule has 3 rings (SSSR count). The minimum absolute atomic E-state index is 0.278. The van der Waals surface area contributed by atoms with Crippen LogP contribution in [0, 0.1) is 0 Å². The van der Waals surface area contributed by atoms with Crippen molar-refractivity contribution in [3.05, 3.63) is 42.0 Å². The van der Waals surface area contributed by atoms with Crippen molar-refractivity contribution in [2.75, 3.05) is 19.6 Å². The molecule has 0 aromatic heterocycles. The summed E-state index contributed by atoms with van der Waals surface area (Å²) in [6.07, 6.45) is 0. The van der Waals surface area contributed by atoms with Gasteiger partial charge < -0.3 is 10.1 Å². The second-order valence-electron chi connectivity index (χ2n) is 5.73. The highest BCUT2D eigenvalue weighted by Gasteiger charge is 2.19. The highest BCUT2D eigenvalue weighted by molar-refractivity contribution is 5.87. The van der Waals surface area contributed by atoms with Gasteiger partial charge in [-0.3, -0.25) is 4.90 Å². The van der Waals surface area contributed by atoms with Gasteiger partial charge in [-0.1, -0.05) is 30.3 Å². The predicted molar refractivity (Wildman–Crippen MR) is 83.3 cm³/mol. The molecular weight excluding hydrogens is 286 g/mol. The van der Waals surface area contributed by atoms with Crippen LogP contribution < -0.4 is 10.1 Å². The Kier molecular flexibility index (Phi) is 4.55. The Morgan fingerprint density at radius 2 is 2.09 bits per heavy atom. The van der Waals surface area contributed by atoms with Gasteiger partial charge in [0.15, 0.2) is 0 Å². The van der Waals surface area contributed by atoms with Gasteiger partial charge in [0.25, 0.3) is 0 Å². The maximum atomic E-state index is 12.7. The van der Waals surface area contributed by atoms with E-state index in [1.165, 1.54) is 0 Å². The summed E-state index contributed by atoms with van der Waals surface area (Å²) in [6.45, 7) is 2.67. The molecule has 0 saturated carbocycles. The summed E-state index contributed by atoms with van der Waals surface area (Å²) in [6, 6.07) is 11.7. The molecule has 0 amide bonds. The van der Waals surface area contributed by atoms with Gasteiger partial charge in [-0.15, -0.1) is 0 Å². The highest BCUT2D eigenvalue weighted by Crippen LogP contribution is 2.30. The van der Waals surface area contributed by atoms with E-state index < -0.39 is 6.61 Å². The fourth-order valence-electron chi connectivity index (χ4n) is 3.06. The third kappa shape index (κ3) is 3.36. The first-order chi connectivity index (χ1) is 10.6. The molecule has 2 aromatic carbocycles. The Morgan fingerprint density at radius 3 is 2.86 bits per heavy atom. The second kappa shape index (κ2) is 6.58. The Balaban J connectivity index is 1.96. The molecule has 2 aromatic rings. The number of alkyl halides is 2. The smallest absolute Gasteiger partial charge is 0.387 e. The Hall–Kier alpha value is -1.72. The van der Waals surface area contributed by atoms with E-state index in [0.29, 0.717) is 12.6 Å². The summed E-state index contributed by atoms with van der Waals surface area (Å²) < 4.78 is 30.1. The van der Waals surface area contributed by atoms with E-state index in [2.05, 4.69) is 17.1 Å². The van der Waals surface area contributed by atoms with E-state index in [-0.39, 0.29) is 5.75 Å². The zero-order chi connectivity index (χ0) is 15.5. The second-order valence-corrected chi connectivity index (χ2v) is 5.73. The molecule has 1 atom stereocenters. The first-order valence-corrected chi connectivity index (χ1v) is 7.54. The lowest BCUT2D eigenvalue weighted by Crippen LogP contribution is -2.48. The summed E-state index contributed by atoms with van der Waals surface area (Å²) in [7, 11) is 0. The van der Waals surface area contributed by atoms with Crippen LogP contribution in [0.5, 0.6) is 5.75 Å². The number of nitrogens with zero attached hydrogens (tertiary/aromatic N) is 1. The predicted octanol–water partition coefficient (Wildman–Crippen LogP) is 3.23. The Morgan fingerprint density at radius 1 is 1.27 bits per heavy atom. The molecule has 22 heavy (non-hydrogen) atoms. The van der Waals surface area contributed by atoms with Gasteiger partial charge in [-0.25, -0.2) is 0 Å². The molecule has 1 aliphatic heterocycles. The first kappa shape index (κ1) is 15.2. The largest absolute Gasteiger partial charge is 0.434 e. The quantitative estimate of drug-likeness (QED) is 0.938. The molecule has 0 bridgehead atoms. The lowest BCUT2D eigenvalue weighted by Gasteiger charge is -2.32. The molecule has 0 unspecified atom stereocenters. The average molecular weight is 306 g/mol. The molecule has 0 aliphatic carbocycles. The monoisotopic (exact) mass is 306 g/mol. The van der Waals surface area contributed by atoms with Gasteiger partial charge in [-0.05, 0) is 23.8 Å². The number of halogens is 2. The van der Waals surface area contributed by atoms with Crippen LogP contribution >= 0.6 is 0 Å². The topological polar surface area (TPSA) is 24.5 Å². The number of ether oxygens (including phenoxy) is 1. The van der Waals surface area contributed by atoms with E-state index in [0.717, 1.165) is 36.0 Å². The van der Waals surface area contributed by atoms with Crippen LogP contribution in [-0.4, -0.2) is 37.2 Å². The van der Waals surface area contributed by atoms with Gasteiger partial charge in [-0.2, -0.15) is 8.78 Å². The van der Waals surface area contributed by atoms with Crippen molar-refractivity contribution in [1.82, 2.24) is 10.2 Å². The van der Waals surface area contributed by atoms with E-state index in [1.807, 2.05) is 30.3 Å². The van der Waals surface area contributed by atoms with Gasteiger partial charge >= 0.3 is 6.61 Å². The third-order valence-electron chi connectivity index (χ3n) is 4.05. The van der Waals surface area contributed by atoms with Crippen molar-refractivity contribution in [1.29, 1.82) is 0 Å². The number of piperazine rings is 1. The highest BCUT2D eigenvalue weighted by atomic mass is 19.3. The number of hydrogen-bond donors (Lipinski definition) is 1. The maximum absolute atomic E-state index is 12.7. The van der Waals surface area contributed by atoms with Crippen LogP contribution in [0.4, 0.5) is 8.78 Å². The van der Waals surface area contributed by atoms with Crippen LogP contribution in [0.25, 0.3) is 10.8 Å². The number of nitrogens with one attached hydrogen (secondary N) is 1. The molecule has 1 saturated heterocycles. The summed E-state index contributed by atoms with van der Waals surface area (Å²) in [5.41, 5.74) is 0.840. The molecule has 1 aliphatic rings. The molecule has 118 valence electrons. The first-order valence-electron chi connectivity index (χ1n) is 7.54. The van der Waals surface area contributed by atoms with Gasteiger partial charge in [0.05, 0.1) is 0 Å². The molecular formula is C17H20F2N2O. The van der Waals surface area contributed by atoms with Crippen LogP contribution in [0.1, 0.15) is 12.5 Å². The van der Waals surface area contributed by atoms with Crippen LogP contribution in [0.15, 0.2) is 36.4 Å². The van der Waals surface area contributed by atoms with E-state index in [9.17, 15) is 8.78 Å².